The molecule has 2 aromatic heterocycles. The molecule has 1 fully saturated rings. The summed E-state index contributed by atoms with van der Waals surface area (Å²) in [5.41, 5.74) is 4.75. The Kier molecular flexibility index (Phi) is 5.05. The van der Waals surface area contributed by atoms with Crippen molar-refractivity contribution in [1.29, 1.82) is 0 Å². The number of pyridine rings is 2. The van der Waals surface area contributed by atoms with Crippen molar-refractivity contribution in [2.24, 2.45) is 5.10 Å². The zero-order chi connectivity index (χ0) is 16.8. The number of hydrazone groups is 1. The molecule has 6 heteroatoms. The van der Waals surface area contributed by atoms with Gasteiger partial charge in [-0.2, -0.15) is 5.10 Å². The normalized spacial score (nSPS) is 15.3. The monoisotopic (exact) mass is 322 g/mol. The van der Waals surface area contributed by atoms with Crippen molar-refractivity contribution in [2.45, 2.75) is 6.92 Å². The molecular formula is C18H22N6. The predicted molar refractivity (Wildman–Crippen MR) is 96.7 cm³/mol. The minimum absolute atomic E-state index is 0.811. The first-order valence-corrected chi connectivity index (χ1v) is 8.05. The zero-order valence-electron chi connectivity index (χ0n) is 13.9. The third-order valence-electron chi connectivity index (χ3n) is 4.02. The molecule has 0 spiro atoms. The molecule has 0 radical (unpaired) electrons. The maximum Gasteiger partial charge on any atom is 0.128 e. The molecule has 1 saturated heterocycles. The molecule has 0 bridgehead atoms. The molecule has 0 aliphatic carbocycles. The Balaban J connectivity index is 1.52. The molecule has 124 valence electrons. The van der Waals surface area contributed by atoms with E-state index < -0.39 is 0 Å². The van der Waals surface area contributed by atoms with Crippen LogP contribution in [0.3, 0.4) is 0 Å². The number of piperazine rings is 1. The summed E-state index contributed by atoms with van der Waals surface area (Å²) in [6.45, 7) is 9.64. The summed E-state index contributed by atoms with van der Waals surface area (Å²) in [6, 6.07) is 11.8. The van der Waals surface area contributed by atoms with Gasteiger partial charge < -0.3 is 9.80 Å². The van der Waals surface area contributed by atoms with Gasteiger partial charge in [0.05, 0.1) is 11.4 Å². The van der Waals surface area contributed by atoms with Gasteiger partial charge in [0.1, 0.15) is 11.6 Å². The molecule has 1 N–H and O–H groups in total. The van der Waals surface area contributed by atoms with Crippen LogP contribution in [0.25, 0.3) is 0 Å². The van der Waals surface area contributed by atoms with Crippen LogP contribution >= 0.6 is 0 Å². The Morgan fingerprint density at radius 1 is 1.04 bits per heavy atom. The first-order chi connectivity index (χ1) is 11.7. The number of nitrogens with zero attached hydrogens (tertiary/aromatic N) is 5. The third kappa shape index (κ3) is 3.90. The average molecular weight is 322 g/mol. The maximum absolute atomic E-state index is 4.41. The fourth-order valence-corrected chi connectivity index (χ4v) is 2.60. The molecule has 0 saturated carbocycles. The van der Waals surface area contributed by atoms with Gasteiger partial charge in [0, 0.05) is 38.6 Å². The fourth-order valence-electron chi connectivity index (χ4n) is 2.60. The summed E-state index contributed by atoms with van der Waals surface area (Å²) in [5.74, 6) is 1.84. The van der Waals surface area contributed by atoms with E-state index in [-0.39, 0.29) is 0 Å². The second kappa shape index (κ2) is 7.59. The van der Waals surface area contributed by atoms with Crippen LogP contribution in [0.2, 0.25) is 0 Å². The highest BCUT2D eigenvalue weighted by molar-refractivity contribution is 5.96. The predicted octanol–water partition coefficient (Wildman–Crippen LogP) is 2.08. The Hall–Kier alpha value is -2.89. The van der Waals surface area contributed by atoms with Gasteiger partial charge in [-0.25, -0.2) is 4.98 Å². The molecule has 0 aromatic carbocycles. The molecule has 6 nitrogen and oxygen atoms in total. The minimum atomic E-state index is 0.811. The van der Waals surface area contributed by atoms with Gasteiger partial charge in [-0.15, -0.1) is 0 Å². The number of hydrogen-bond donors (Lipinski definition) is 1. The highest BCUT2D eigenvalue weighted by Gasteiger charge is 2.18. The van der Waals surface area contributed by atoms with E-state index in [1.165, 1.54) is 0 Å². The lowest BCUT2D eigenvalue weighted by molar-refractivity contribution is 0.302. The van der Waals surface area contributed by atoms with E-state index in [9.17, 15) is 0 Å². The Bertz CT molecular complexity index is 690. The van der Waals surface area contributed by atoms with Gasteiger partial charge in [-0.1, -0.05) is 18.7 Å². The van der Waals surface area contributed by atoms with Crippen LogP contribution in [0.5, 0.6) is 0 Å². The van der Waals surface area contributed by atoms with Crippen LogP contribution < -0.4 is 10.3 Å². The molecule has 0 unspecified atom stereocenters. The van der Waals surface area contributed by atoms with Gasteiger partial charge in [-0.3, -0.25) is 10.4 Å². The molecule has 1 aliphatic rings. The van der Waals surface area contributed by atoms with Crippen molar-refractivity contribution in [2.75, 3.05) is 31.1 Å². The van der Waals surface area contributed by atoms with Crippen LogP contribution in [0.1, 0.15) is 12.6 Å². The molecule has 0 amide bonds. The van der Waals surface area contributed by atoms with Crippen molar-refractivity contribution >= 4 is 11.5 Å². The number of hydrogen-bond acceptors (Lipinski definition) is 6. The van der Waals surface area contributed by atoms with E-state index in [0.717, 1.165) is 49.2 Å². The van der Waals surface area contributed by atoms with Gasteiger partial charge in [0.15, 0.2) is 0 Å². The van der Waals surface area contributed by atoms with Gasteiger partial charge >= 0.3 is 0 Å². The standard InChI is InChI=1S/C18H22N6/c1-15(17-7-3-5-9-19-17)21-22-16(2)23-11-13-24(14-12-23)18-8-4-6-10-20-18/h3-10,22H,2,11-14H2,1H3/b21-15+. The van der Waals surface area contributed by atoms with E-state index in [1.54, 1.807) is 6.20 Å². The van der Waals surface area contributed by atoms with Crippen molar-refractivity contribution in [3.63, 3.8) is 0 Å². The average Bonchev–Trinajstić information content (AvgIpc) is 2.67. The smallest absolute Gasteiger partial charge is 0.128 e. The largest absolute Gasteiger partial charge is 0.354 e. The lowest BCUT2D eigenvalue weighted by atomic mass is 10.3. The van der Waals surface area contributed by atoms with Crippen molar-refractivity contribution in [1.82, 2.24) is 20.3 Å². The van der Waals surface area contributed by atoms with E-state index in [2.05, 4.69) is 36.9 Å². The van der Waals surface area contributed by atoms with E-state index in [0.29, 0.717) is 0 Å². The lowest BCUT2D eigenvalue weighted by Gasteiger charge is -2.37. The first-order valence-electron chi connectivity index (χ1n) is 8.05. The first kappa shape index (κ1) is 16.0. The number of rotatable bonds is 5. The number of aromatic nitrogens is 2. The van der Waals surface area contributed by atoms with Crippen LogP contribution in [-0.4, -0.2) is 46.8 Å². The number of nitrogens with one attached hydrogen (secondary N) is 1. The molecule has 3 rings (SSSR count). The van der Waals surface area contributed by atoms with E-state index in [1.807, 2.05) is 49.5 Å². The summed E-state index contributed by atoms with van der Waals surface area (Å²) in [4.78, 5) is 13.2. The molecule has 24 heavy (non-hydrogen) atoms. The van der Waals surface area contributed by atoms with Crippen LogP contribution in [0.15, 0.2) is 66.3 Å². The highest BCUT2D eigenvalue weighted by atomic mass is 15.4. The van der Waals surface area contributed by atoms with Gasteiger partial charge in [0.25, 0.3) is 0 Å². The van der Waals surface area contributed by atoms with E-state index in [4.69, 9.17) is 0 Å². The van der Waals surface area contributed by atoms with Crippen LogP contribution in [0.4, 0.5) is 5.82 Å². The second-order valence-corrected chi connectivity index (χ2v) is 5.63. The maximum atomic E-state index is 4.41. The fraction of sp³-hybridized carbons (Fsp3) is 0.278. The Labute approximate surface area is 142 Å². The topological polar surface area (TPSA) is 56.7 Å². The number of anilines is 1. The van der Waals surface area contributed by atoms with Gasteiger partial charge in [0.2, 0.25) is 0 Å². The van der Waals surface area contributed by atoms with Crippen LogP contribution in [-0.2, 0) is 0 Å². The molecule has 0 atom stereocenters. The van der Waals surface area contributed by atoms with Crippen molar-refractivity contribution < 1.29 is 0 Å². The molecule has 3 heterocycles. The summed E-state index contributed by atoms with van der Waals surface area (Å²) < 4.78 is 0. The quantitative estimate of drug-likeness (QED) is 0.675. The Morgan fingerprint density at radius 3 is 2.38 bits per heavy atom. The summed E-state index contributed by atoms with van der Waals surface area (Å²) in [7, 11) is 0. The van der Waals surface area contributed by atoms with Crippen LogP contribution in [0, 0.1) is 0 Å². The third-order valence-corrected chi connectivity index (χ3v) is 4.02. The summed E-state index contributed by atoms with van der Waals surface area (Å²) in [5, 5.41) is 4.38. The zero-order valence-corrected chi connectivity index (χ0v) is 13.9. The SMILES string of the molecule is C=C(N/N=C(\C)c1ccccn1)N1CCN(c2ccccn2)CC1. The highest BCUT2D eigenvalue weighted by Crippen LogP contribution is 2.14. The Morgan fingerprint density at radius 2 is 1.75 bits per heavy atom. The molecule has 1 aliphatic heterocycles. The summed E-state index contributed by atoms with van der Waals surface area (Å²) in [6.07, 6.45) is 3.59. The molecule has 2 aromatic rings. The van der Waals surface area contributed by atoms with Crippen molar-refractivity contribution in [3.05, 3.63) is 66.9 Å². The minimum Gasteiger partial charge on any atom is -0.354 e. The molecular weight excluding hydrogens is 300 g/mol. The lowest BCUT2D eigenvalue weighted by Crippen LogP contribution is -2.47. The van der Waals surface area contributed by atoms with Gasteiger partial charge in [-0.05, 0) is 31.2 Å². The van der Waals surface area contributed by atoms with Crippen molar-refractivity contribution in [3.8, 4) is 0 Å². The second-order valence-electron chi connectivity index (χ2n) is 5.63. The van der Waals surface area contributed by atoms with E-state index >= 15 is 0 Å². The summed E-state index contributed by atoms with van der Waals surface area (Å²) >= 11 is 0.